The van der Waals surface area contributed by atoms with E-state index in [9.17, 15) is 4.79 Å². The van der Waals surface area contributed by atoms with E-state index in [2.05, 4.69) is 17.6 Å². The summed E-state index contributed by atoms with van der Waals surface area (Å²) in [6.07, 6.45) is 4.84. The maximum absolute atomic E-state index is 12.0. The number of hydrogen-bond acceptors (Lipinski definition) is 3. The van der Waals surface area contributed by atoms with Crippen molar-refractivity contribution in [3.63, 3.8) is 0 Å². The van der Waals surface area contributed by atoms with Gasteiger partial charge in [-0.05, 0) is 43.0 Å². The van der Waals surface area contributed by atoms with Crippen LogP contribution in [0, 0.1) is 5.92 Å². The minimum Gasteiger partial charge on any atom is -0.497 e. The highest BCUT2D eigenvalue weighted by molar-refractivity contribution is 5.81. The van der Waals surface area contributed by atoms with E-state index in [0.717, 1.165) is 17.9 Å². The van der Waals surface area contributed by atoms with E-state index in [1.165, 1.54) is 19.3 Å². The quantitative estimate of drug-likeness (QED) is 0.869. The summed E-state index contributed by atoms with van der Waals surface area (Å²) in [7, 11) is 1.64. The Bertz CT molecular complexity index is 431. The Morgan fingerprint density at radius 1 is 1.25 bits per heavy atom. The highest BCUT2D eigenvalue weighted by Crippen LogP contribution is 2.23. The van der Waals surface area contributed by atoms with E-state index in [4.69, 9.17) is 4.74 Å². The number of carbonyl (C=O) groups excluding carboxylic acids is 1. The molecule has 0 bridgehead atoms. The first-order valence-corrected chi connectivity index (χ1v) is 7.36. The van der Waals surface area contributed by atoms with Gasteiger partial charge in [-0.2, -0.15) is 0 Å². The third-order valence-electron chi connectivity index (χ3n) is 4.00. The molecule has 2 atom stereocenters. The second kappa shape index (κ2) is 7.17. The van der Waals surface area contributed by atoms with Crippen molar-refractivity contribution in [2.45, 2.75) is 38.6 Å². The maximum Gasteiger partial charge on any atom is 0.239 e. The lowest BCUT2D eigenvalue weighted by Gasteiger charge is -2.29. The molecule has 2 N–H and O–H groups in total. The molecule has 0 heterocycles. The SMILES string of the molecule is COc1ccc(NCC(=O)NC2CCCCC2C)cc1. The topological polar surface area (TPSA) is 50.4 Å². The molecule has 1 fully saturated rings. The van der Waals surface area contributed by atoms with Crippen LogP contribution in [0.25, 0.3) is 0 Å². The molecule has 2 rings (SSSR count). The zero-order valence-electron chi connectivity index (χ0n) is 12.3. The van der Waals surface area contributed by atoms with E-state index >= 15 is 0 Å². The second-order valence-corrected chi connectivity index (χ2v) is 5.52. The molecule has 1 amide bonds. The number of anilines is 1. The normalized spacial score (nSPS) is 22.1. The fraction of sp³-hybridized carbons (Fsp3) is 0.562. The van der Waals surface area contributed by atoms with Crippen molar-refractivity contribution in [1.82, 2.24) is 5.32 Å². The molecule has 1 aromatic carbocycles. The second-order valence-electron chi connectivity index (χ2n) is 5.52. The summed E-state index contributed by atoms with van der Waals surface area (Å²) in [6, 6.07) is 7.92. The first-order chi connectivity index (χ1) is 9.69. The highest BCUT2D eigenvalue weighted by atomic mass is 16.5. The fourth-order valence-electron chi connectivity index (χ4n) is 2.68. The standard InChI is InChI=1S/C16H24N2O2/c1-12-5-3-4-6-15(12)18-16(19)11-17-13-7-9-14(20-2)10-8-13/h7-10,12,15,17H,3-6,11H2,1-2H3,(H,18,19). The molecule has 110 valence electrons. The van der Waals surface area contributed by atoms with Crippen molar-refractivity contribution in [3.05, 3.63) is 24.3 Å². The molecule has 20 heavy (non-hydrogen) atoms. The van der Waals surface area contributed by atoms with Crippen LogP contribution in [0.3, 0.4) is 0 Å². The average Bonchev–Trinajstić information content (AvgIpc) is 2.48. The molecule has 0 spiro atoms. The summed E-state index contributed by atoms with van der Waals surface area (Å²) >= 11 is 0. The van der Waals surface area contributed by atoms with Gasteiger partial charge in [0.1, 0.15) is 5.75 Å². The van der Waals surface area contributed by atoms with Gasteiger partial charge in [-0.15, -0.1) is 0 Å². The summed E-state index contributed by atoms with van der Waals surface area (Å²) in [6.45, 7) is 2.54. The lowest BCUT2D eigenvalue weighted by Crippen LogP contribution is -2.43. The smallest absolute Gasteiger partial charge is 0.239 e. The predicted octanol–water partition coefficient (Wildman–Crippen LogP) is 2.80. The lowest BCUT2D eigenvalue weighted by atomic mass is 9.86. The van der Waals surface area contributed by atoms with E-state index in [1.807, 2.05) is 24.3 Å². The van der Waals surface area contributed by atoms with Crippen LogP contribution in [0.4, 0.5) is 5.69 Å². The van der Waals surface area contributed by atoms with Gasteiger partial charge in [-0.3, -0.25) is 4.79 Å². The van der Waals surface area contributed by atoms with Gasteiger partial charge >= 0.3 is 0 Å². The molecular weight excluding hydrogens is 252 g/mol. The molecule has 0 aliphatic heterocycles. The average molecular weight is 276 g/mol. The molecule has 1 aliphatic carbocycles. The Morgan fingerprint density at radius 2 is 1.95 bits per heavy atom. The van der Waals surface area contributed by atoms with E-state index in [-0.39, 0.29) is 5.91 Å². The van der Waals surface area contributed by atoms with Crippen LogP contribution in [-0.2, 0) is 4.79 Å². The Hall–Kier alpha value is -1.71. The largest absolute Gasteiger partial charge is 0.497 e. The molecular formula is C16H24N2O2. The first-order valence-electron chi connectivity index (χ1n) is 7.36. The number of hydrogen-bond donors (Lipinski definition) is 2. The van der Waals surface area contributed by atoms with Gasteiger partial charge in [-0.1, -0.05) is 19.8 Å². The third kappa shape index (κ3) is 4.15. The summed E-state index contributed by atoms with van der Waals surface area (Å²) in [5, 5.41) is 6.27. The van der Waals surface area contributed by atoms with Crippen LogP contribution in [0.1, 0.15) is 32.6 Å². The van der Waals surface area contributed by atoms with Crippen LogP contribution in [0.2, 0.25) is 0 Å². The Labute approximate surface area is 120 Å². The number of ether oxygens (including phenoxy) is 1. The fourth-order valence-corrected chi connectivity index (χ4v) is 2.68. The van der Waals surface area contributed by atoms with Gasteiger partial charge in [0.2, 0.25) is 5.91 Å². The number of nitrogens with one attached hydrogen (secondary N) is 2. The summed E-state index contributed by atoms with van der Waals surface area (Å²) in [4.78, 5) is 12.0. The van der Waals surface area contributed by atoms with Gasteiger partial charge in [0, 0.05) is 11.7 Å². The van der Waals surface area contributed by atoms with E-state index < -0.39 is 0 Å². The molecule has 0 radical (unpaired) electrons. The molecule has 4 nitrogen and oxygen atoms in total. The van der Waals surface area contributed by atoms with Crippen LogP contribution >= 0.6 is 0 Å². The van der Waals surface area contributed by atoms with Gasteiger partial charge in [-0.25, -0.2) is 0 Å². The van der Waals surface area contributed by atoms with Crippen molar-refractivity contribution in [3.8, 4) is 5.75 Å². The van der Waals surface area contributed by atoms with Crippen LogP contribution in [0.5, 0.6) is 5.75 Å². The van der Waals surface area contributed by atoms with Crippen molar-refractivity contribution in [1.29, 1.82) is 0 Å². The molecule has 0 aromatic heterocycles. The van der Waals surface area contributed by atoms with Gasteiger partial charge in [0.05, 0.1) is 13.7 Å². The van der Waals surface area contributed by atoms with Crippen molar-refractivity contribution >= 4 is 11.6 Å². The summed E-state index contributed by atoms with van der Waals surface area (Å²) < 4.78 is 5.10. The van der Waals surface area contributed by atoms with Crippen LogP contribution in [-0.4, -0.2) is 25.6 Å². The highest BCUT2D eigenvalue weighted by Gasteiger charge is 2.22. The van der Waals surface area contributed by atoms with Gasteiger partial charge < -0.3 is 15.4 Å². The summed E-state index contributed by atoms with van der Waals surface area (Å²) in [5.74, 6) is 1.48. The zero-order valence-corrected chi connectivity index (χ0v) is 12.3. The molecule has 4 heteroatoms. The third-order valence-corrected chi connectivity index (χ3v) is 4.00. The molecule has 1 aliphatic rings. The van der Waals surface area contributed by atoms with Crippen molar-refractivity contribution in [2.24, 2.45) is 5.92 Å². The number of carbonyl (C=O) groups is 1. The number of methoxy groups -OCH3 is 1. The minimum atomic E-state index is 0.0690. The number of benzene rings is 1. The van der Waals surface area contributed by atoms with E-state index in [0.29, 0.717) is 18.5 Å². The monoisotopic (exact) mass is 276 g/mol. The summed E-state index contributed by atoms with van der Waals surface area (Å²) in [5.41, 5.74) is 0.928. The molecule has 1 saturated carbocycles. The first kappa shape index (κ1) is 14.7. The number of amides is 1. The molecule has 2 unspecified atom stereocenters. The Morgan fingerprint density at radius 3 is 2.60 bits per heavy atom. The van der Waals surface area contributed by atoms with Gasteiger partial charge in [0.25, 0.3) is 0 Å². The van der Waals surface area contributed by atoms with Crippen molar-refractivity contribution in [2.75, 3.05) is 19.0 Å². The number of rotatable bonds is 5. The van der Waals surface area contributed by atoms with E-state index in [1.54, 1.807) is 7.11 Å². The Kier molecular flexibility index (Phi) is 5.27. The predicted molar refractivity (Wildman–Crippen MR) is 81.0 cm³/mol. The molecule has 0 saturated heterocycles. The minimum absolute atomic E-state index is 0.0690. The molecule has 1 aromatic rings. The van der Waals surface area contributed by atoms with Crippen molar-refractivity contribution < 1.29 is 9.53 Å². The van der Waals surface area contributed by atoms with Gasteiger partial charge in [0.15, 0.2) is 0 Å². The maximum atomic E-state index is 12.0. The lowest BCUT2D eigenvalue weighted by molar-refractivity contribution is -0.120. The van der Waals surface area contributed by atoms with Crippen LogP contribution < -0.4 is 15.4 Å². The Balaban J connectivity index is 1.76. The van der Waals surface area contributed by atoms with Crippen LogP contribution in [0.15, 0.2) is 24.3 Å². The zero-order chi connectivity index (χ0) is 14.4.